The number of carbonyl (C=O) groups is 3. The Balaban J connectivity index is 1.80. The predicted octanol–water partition coefficient (Wildman–Crippen LogP) is 3.28. The van der Waals surface area contributed by atoms with Crippen LogP contribution in [0, 0.1) is 5.92 Å². The number of aliphatic hydroxyl groups is 1. The number of ether oxygens (including phenoxy) is 5. The molecule has 3 heterocycles. The Morgan fingerprint density at radius 1 is 1.29 bits per heavy atom. The minimum Gasteiger partial charge on any atom is -0.495 e. The molecule has 13 heteroatoms. The molecule has 1 aromatic rings. The molecule has 4 rings (SSSR count). The smallest absolute Gasteiger partial charge is 0.409 e. The van der Waals surface area contributed by atoms with Crippen LogP contribution in [0.15, 0.2) is 35.9 Å². The number of alkyl carbamates (subject to hydrolysis) is 1. The van der Waals surface area contributed by atoms with Crippen LogP contribution in [0.5, 0.6) is 5.75 Å². The molecule has 2 saturated heterocycles. The second kappa shape index (κ2) is 13.7. The van der Waals surface area contributed by atoms with Gasteiger partial charge in [0.15, 0.2) is 5.72 Å². The maximum absolute atomic E-state index is 13.8. The molecule has 0 spiro atoms. The molecule has 4 bridgehead atoms. The molecule has 1 aromatic carbocycles. The fourth-order valence-corrected chi connectivity index (χ4v) is 6.28. The highest BCUT2D eigenvalue weighted by molar-refractivity contribution is 6.35. The molecule has 1 unspecified atom stereocenters. The fraction of sp³-hybridized carbons (Fsp3) is 0.594. The predicted molar refractivity (Wildman–Crippen MR) is 167 cm³/mol. The lowest BCUT2D eigenvalue weighted by atomic mass is 9.83. The van der Waals surface area contributed by atoms with E-state index in [1.807, 2.05) is 26.0 Å². The molecule has 3 aliphatic heterocycles. The van der Waals surface area contributed by atoms with Crippen molar-refractivity contribution in [2.45, 2.75) is 88.7 Å². The minimum atomic E-state index is -1.78. The summed E-state index contributed by atoms with van der Waals surface area (Å²) in [6, 6.07) is 2.99. The van der Waals surface area contributed by atoms with Crippen LogP contribution in [0.4, 0.5) is 10.5 Å². The summed E-state index contributed by atoms with van der Waals surface area (Å²) in [7, 11) is 6.18. The van der Waals surface area contributed by atoms with Gasteiger partial charge >= 0.3 is 12.1 Å². The van der Waals surface area contributed by atoms with Crippen LogP contribution in [0.1, 0.15) is 46.1 Å². The summed E-state index contributed by atoms with van der Waals surface area (Å²) >= 11 is 6.69. The summed E-state index contributed by atoms with van der Waals surface area (Å²) in [4.78, 5) is 40.9. The first-order valence-electron chi connectivity index (χ1n) is 14.9. The monoisotopic (exact) mass is 649 g/mol. The zero-order chi connectivity index (χ0) is 33.3. The number of allylic oxidation sites excluding steroid dienone is 3. The van der Waals surface area contributed by atoms with Crippen LogP contribution in [-0.4, -0.2) is 93.2 Å². The summed E-state index contributed by atoms with van der Waals surface area (Å²) in [6.45, 7) is 7.17. The number of rotatable bonds is 5. The lowest BCUT2D eigenvalue weighted by Gasteiger charge is -2.42. The Labute approximate surface area is 269 Å². The van der Waals surface area contributed by atoms with Gasteiger partial charge in [-0.25, -0.2) is 4.79 Å². The van der Waals surface area contributed by atoms with Gasteiger partial charge in [0.25, 0.3) is 0 Å². The minimum absolute atomic E-state index is 0.00553. The molecule has 0 aliphatic carbocycles. The first-order valence-corrected chi connectivity index (χ1v) is 15.3. The van der Waals surface area contributed by atoms with Crippen LogP contribution < -0.4 is 20.3 Å². The van der Waals surface area contributed by atoms with E-state index in [1.165, 1.54) is 19.1 Å². The van der Waals surface area contributed by atoms with Crippen molar-refractivity contribution in [3.8, 4) is 5.75 Å². The third-order valence-electron chi connectivity index (χ3n) is 9.00. The van der Waals surface area contributed by atoms with E-state index >= 15 is 0 Å². The molecule has 8 atom stereocenters. The Morgan fingerprint density at radius 3 is 2.64 bits per heavy atom. The molecule has 248 valence electrons. The zero-order valence-electron chi connectivity index (χ0n) is 27.0. The third-order valence-corrected chi connectivity index (χ3v) is 9.38. The second-order valence-electron chi connectivity index (χ2n) is 12.2. The number of esters is 1. The number of anilines is 1. The fourth-order valence-electron chi connectivity index (χ4n) is 5.97. The van der Waals surface area contributed by atoms with Gasteiger partial charge < -0.3 is 39.0 Å². The van der Waals surface area contributed by atoms with Gasteiger partial charge in [-0.05, 0) is 51.9 Å². The molecular weight excluding hydrogens is 606 g/mol. The van der Waals surface area contributed by atoms with Crippen molar-refractivity contribution in [3.05, 3.63) is 46.5 Å². The number of amides is 2. The van der Waals surface area contributed by atoms with Crippen LogP contribution in [0.25, 0.3) is 0 Å². The summed E-state index contributed by atoms with van der Waals surface area (Å²) < 4.78 is 28.8. The standard InChI is InChI=1S/C32H44ClN3O9/c1-17-10-9-11-24(42-8)32(40)16-23(43-30(39)35-32)18(2)28-31(4,45-28)25(44-29(38)19(3)34-5)15-26(37)36(6)21-13-20(12-17)14-22(41-7)27(21)33/h9-11,13-14,18-19,23-25,28,34,40H,12,15-16H2,1-8H3,(H,35,39)/t18-,19+,23+,24-,25+,28?,31+,32+/m1/s1. The van der Waals surface area contributed by atoms with E-state index in [4.69, 9.17) is 35.3 Å². The summed E-state index contributed by atoms with van der Waals surface area (Å²) in [6.07, 6.45) is 1.52. The van der Waals surface area contributed by atoms with E-state index < -0.39 is 59.8 Å². The third kappa shape index (κ3) is 7.30. The van der Waals surface area contributed by atoms with Crippen molar-refractivity contribution in [2.24, 2.45) is 5.92 Å². The number of methoxy groups -OCH3 is 2. The van der Waals surface area contributed by atoms with E-state index in [1.54, 1.807) is 46.2 Å². The van der Waals surface area contributed by atoms with Crippen molar-refractivity contribution in [2.75, 3.05) is 33.2 Å². The number of epoxide rings is 1. The van der Waals surface area contributed by atoms with E-state index in [-0.39, 0.29) is 23.8 Å². The van der Waals surface area contributed by atoms with Gasteiger partial charge in [0.1, 0.15) is 40.7 Å². The Kier molecular flexibility index (Phi) is 10.6. The molecule has 3 N–H and O–H groups in total. The van der Waals surface area contributed by atoms with E-state index in [0.717, 1.165) is 11.1 Å². The molecule has 0 aromatic heterocycles. The lowest BCUT2D eigenvalue weighted by Crippen LogP contribution is -2.63. The van der Waals surface area contributed by atoms with Crippen LogP contribution in [0.2, 0.25) is 5.02 Å². The van der Waals surface area contributed by atoms with Gasteiger partial charge in [-0.15, -0.1) is 0 Å². The Bertz CT molecular complexity index is 1370. The van der Waals surface area contributed by atoms with E-state index in [2.05, 4.69) is 10.6 Å². The molecule has 12 nitrogen and oxygen atoms in total. The highest BCUT2D eigenvalue weighted by Gasteiger charge is 2.64. The number of halogens is 1. The number of hydrogen-bond donors (Lipinski definition) is 3. The maximum atomic E-state index is 13.8. The molecule has 0 saturated carbocycles. The molecular formula is C32H44ClN3O9. The highest BCUT2D eigenvalue weighted by Crippen LogP contribution is 2.49. The number of benzene rings is 1. The number of likely N-dealkylation sites (N-methyl/N-ethyl adjacent to an activating group) is 1. The number of nitrogens with one attached hydrogen (secondary N) is 2. The topological polar surface area (TPSA) is 148 Å². The zero-order valence-corrected chi connectivity index (χ0v) is 27.8. The van der Waals surface area contributed by atoms with E-state index in [9.17, 15) is 19.5 Å². The van der Waals surface area contributed by atoms with Crippen LogP contribution in [-0.2, 0) is 35.0 Å². The van der Waals surface area contributed by atoms with Gasteiger partial charge in [-0.1, -0.05) is 42.3 Å². The number of hydrogen-bond acceptors (Lipinski definition) is 10. The van der Waals surface area contributed by atoms with Gasteiger partial charge in [0, 0.05) is 26.5 Å². The van der Waals surface area contributed by atoms with Gasteiger partial charge in [-0.2, -0.15) is 0 Å². The maximum Gasteiger partial charge on any atom is 0.409 e. The van der Waals surface area contributed by atoms with Crippen molar-refractivity contribution in [1.29, 1.82) is 0 Å². The summed E-state index contributed by atoms with van der Waals surface area (Å²) in [5, 5.41) is 17.2. The molecule has 2 amide bonds. The van der Waals surface area contributed by atoms with Gasteiger partial charge in [0.2, 0.25) is 5.91 Å². The summed E-state index contributed by atoms with van der Waals surface area (Å²) in [5.74, 6) is -0.974. The quantitative estimate of drug-likeness (QED) is 0.321. The normalized spacial score (nSPS) is 32.9. The highest BCUT2D eigenvalue weighted by atomic mass is 35.5. The van der Waals surface area contributed by atoms with Crippen molar-refractivity contribution < 1.29 is 43.2 Å². The van der Waals surface area contributed by atoms with Crippen molar-refractivity contribution >= 4 is 35.3 Å². The second-order valence-corrected chi connectivity index (χ2v) is 12.6. The molecule has 45 heavy (non-hydrogen) atoms. The average Bonchev–Trinajstić information content (AvgIpc) is 3.69. The van der Waals surface area contributed by atoms with Crippen LogP contribution in [0.3, 0.4) is 0 Å². The van der Waals surface area contributed by atoms with E-state index in [0.29, 0.717) is 17.9 Å². The number of carbonyl (C=O) groups excluding carboxylic acids is 3. The molecule has 2 fully saturated rings. The van der Waals surface area contributed by atoms with Crippen molar-refractivity contribution in [3.63, 3.8) is 0 Å². The number of nitrogens with zero attached hydrogens (tertiary/aromatic N) is 1. The number of fused-ring (bicyclic) bond motifs is 5. The van der Waals surface area contributed by atoms with Crippen LogP contribution >= 0.6 is 11.6 Å². The largest absolute Gasteiger partial charge is 0.495 e. The Hall–Kier alpha value is -3.16. The summed E-state index contributed by atoms with van der Waals surface area (Å²) in [5.41, 5.74) is -0.646. The first-order chi connectivity index (χ1) is 21.2. The van der Waals surface area contributed by atoms with Gasteiger partial charge in [-0.3, -0.25) is 14.9 Å². The average molecular weight is 650 g/mol. The molecule has 0 radical (unpaired) electrons. The van der Waals surface area contributed by atoms with Gasteiger partial charge in [0.05, 0.1) is 25.3 Å². The first kappa shape index (κ1) is 34.7. The SMILES string of the molecule is CN[C@@H](C)C(=O)O[C@H]1CC(=O)N(C)c2cc(cc(OC)c2Cl)CC(C)=CC=C[C@@H](OC)[C@@]2(O)C[C@H](OC(=O)N2)[C@@H](C)C2O[C@]21C. The van der Waals surface area contributed by atoms with Crippen molar-refractivity contribution in [1.82, 2.24) is 10.6 Å². The lowest BCUT2D eigenvalue weighted by molar-refractivity contribution is -0.155. The molecule has 3 aliphatic rings. The Morgan fingerprint density at radius 2 is 2.00 bits per heavy atom.